The van der Waals surface area contributed by atoms with Crippen LogP contribution in [0, 0.1) is 0 Å². The quantitative estimate of drug-likeness (QED) is 0.546. The van der Waals surface area contributed by atoms with Crippen molar-refractivity contribution in [3.8, 4) is 0 Å². The van der Waals surface area contributed by atoms with E-state index in [0.717, 1.165) is 30.9 Å². The predicted molar refractivity (Wildman–Crippen MR) is 82.1 cm³/mol. The molecule has 1 aromatic heterocycles. The molecular formula is C14H20N6O. The standard InChI is InChI=1S/C14H20N6O/c1-20(2)14(21)10-5-6-11(15)12(8-10)16-7-3-4-13-17-9-18-19-13/h5-6,8-9,16H,3-4,7,15H2,1-2H3,(H,17,18,19). The molecular weight excluding hydrogens is 268 g/mol. The summed E-state index contributed by atoms with van der Waals surface area (Å²) in [7, 11) is 3.45. The number of aromatic nitrogens is 3. The van der Waals surface area contributed by atoms with E-state index in [4.69, 9.17) is 5.73 Å². The van der Waals surface area contributed by atoms with Crippen molar-refractivity contribution in [2.75, 3.05) is 31.7 Å². The minimum atomic E-state index is -0.0419. The fourth-order valence-electron chi connectivity index (χ4n) is 1.93. The molecule has 2 rings (SSSR count). The number of hydrogen-bond donors (Lipinski definition) is 3. The molecule has 4 N–H and O–H groups in total. The first-order chi connectivity index (χ1) is 10.1. The summed E-state index contributed by atoms with van der Waals surface area (Å²) in [5, 5.41) is 9.87. The topological polar surface area (TPSA) is 99.9 Å². The second-order valence-electron chi connectivity index (χ2n) is 4.96. The number of aryl methyl sites for hydroxylation is 1. The van der Waals surface area contributed by atoms with Crippen molar-refractivity contribution >= 4 is 17.3 Å². The molecule has 0 saturated carbocycles. The summed E-state index contributed by atoms with van der Waals surface area (Å²) >= 11 is 0. The first-order valence-corrected chi connectivity index (χ1v) is 6.77. The number of carbonyl (C=O) groups is 1. The van der Waals surface area contributed by atoms with Gasteiger partial charge in [-0.2, -0.15) is 5.10 Å². The zero-order valence-corrected chi connectivity index (χ0v) is 12.3. The molecule has 1 heterocycles. The fourth-order valence-corrected chi connectivity index (χ4v) is 1.93. The lowest BCUT2D eigenvalue weighted by atomic mass is 10.1. The summed E-state index contributed by atoms with van der Waals surface area (Å²) in [4.78, 5) is 17.5. The second-order valence-corrected chi connectivity index (χ2v) is 4.96. The summed E-state index contributed by atoms with van der Waals surface area (Å²) in [6.07, 6.45) is 3.20. The molecule has 0 aliphatic heterocycles. The molecule has 1 aromatic carbocycles. The molecule has 0 radical (unpaired) electrons. The van der Waals surface area contributed by atoms with E-state index in [2.05, 4.69) is 20.5 Å². The molecule has 21 heavy (non-hydrogen) atoms. The van der Waals surface area contributed by atoms with Gasteiger partial charge in [0.25, 0.3) is 5.91 Å². The van der Waals surface area contributed by atoms with Gasteiger partial charge in [-0.05, 0) is 24.6 Å². The number of rotatable bonds is 6. The molecule has 7 heteroatoms. The lowest BCUT2D eigenvalue weighted by molar-refractivity contribution is 0.0827. The van der Waals surface area contributed by atoms with Gasteiger partial charge in [0.15, 0.2) is 0 Å². The van der Waals surface area contributed by atoms with E-state index in [9.17, 15) is 4.79 Å². The maximum atomic E-state index is 11.9. The van der Waals surface area contributed by atoms with Crippen LogP contribution in [0.25, 0.3) is 0 Å². The van der Waals surface area contributed by atoms with Crippen LogP contribution in [-0.4, -0.2) is 46.6 Å². The van der Waals surface area contributed by atoms with E-state index in [1.54, 1.807) is 37.2 Å². The van der Waals surface area contributed by atoms with Gasteiger partial charge in [0.1, 0.15) is 12.2 Å². The molecule has 0 bridgehead atoms. The maximum absolute atomic E-state index is 11.9. The van der Waals surface area contributed by atoms with E-state index >= 15 is 0 Å². The molecule has 1 amide bonds. The Morgan fingerprint density at radius 2 is 2.24 bits per heavy atom. The van der Waals surface area contributed by atoms with Gasteiger partial charge in [-0.15, -0.1) is 0 Å². The number of nitrogens with one attached hydrogen (secondary N) is 2. The minimum Gasteiger partial charge on any atom is -0.397 e. The van der Waals surface area contributed by atoms with Crippen molar-refractivity contribution in [3.05, 3.63) is 35.9 Å². The van der Waals surface area contributed by atoms with E-state index in [0.29, 0.717) is 11.3 Å². The van der Waals surface area contributed by atoms with Crippen LogP contribution in [-0.2, 0) is 6.42 Å². The first kappa shape index (κ1) is 14.8. The summed E-state index contributed by atoms with van der Waals surface area (Å²) in [5.41, 5.74) is 7.95. The van der Waals surface area contributed by atoms with Gasteiger partial charge < -0.3 is 16.0 Å². The predicted octanol–water partition coefficient (Wildman–Crippen LogP) is 1.13. The van der Waals surface area contributed by atoms with E-state index in [1.807, 2.05) is 0 Å². The highest BCUT2D eigenvalue weighted by Crippen LogP contribution is 2.20. The first-order valence-electron chi connectivity index (χ1n) is 6.77. The van der Waals surface area contributed by atoms with Crippen molar-refractivity contribution < 1.29 is 4.79 Å². The van der Waals surface area contributed by atoms with E-state index in [1.165, 1.54) is 6.33 Å². The molecule has 0 unspecified atom stereocenters. The third-order valence-electron chi connectivity index (χ3n) is 3.08. The minimum absolute atomic E-state index is 0.0419. The van der Waals surface area contributed by atoms with Crippen molar-refractivity contribution in [1.29, 1.82) is 0 Å². The third-order valence-corrected chi connectivity index (χ3v) is 3.08. The van der Waals surface area contributed by atoms with Crippen molar-refractivity contribution in [3.63, 3.8) is 0 Å². The molecule has 0 aliphatic rings. The molecule has 0 aliphatic carbocycles. The number of nitrogen functional groups attached to an aromatic ring is 1. The normalized spacial score (nSPS) is 10.4. The number of carbonyl (C=O) groups excluding carboxylic acids is 1. The highest BCUT2D eigenvalue weighted by molar-refractivity contribution is 5.95. The summed E-state index contributed by atoms with van der Waals surface area (Å²) in [6, 6.07) is 5.26. The van der Waals surface area contributed by atoms with Crippen LogP contribution in [0.4, 0.5) is 11.4 Å². The Morgan fingerprint density at radius 1 is 1.43 bits per heavy atom. The van der Waals surface area contributed by atoms with Crippen LogP contribution < -0.4 is 11.1 Å². The number of hydrogen-bond acceptors (Lipinski definition) is 5. The molecule has 0 spiro atoms. The third kappa shape index (κ3) is 3.95. The van der Waals surface area contributed by atoms with Crippen LogP contribution in [0.2, 0.25) is 0 Å². The van der Waals surface area contributed by atoms with Gasteiger partial charge in [-0.3, -0.25) is 9.89 Å². The highest BCUT2D eigenvalue weighted by Gasteiger charge is 2.10. The second kappa shape index (κ2) is 6.74. The zero-order chi connectivity index (χ0) is 15.2. The summed E-state index contributed by atoms with van der Waals surface area (Å²) in [5.74, 6) is 0.820. The van der Waals surface area contributed by atoms with Crippen LogP contribution in [0.1, 0.15) is 22.6 Å². The van der Waals surface area contributed by atoms with Gasteiger partial charge in [0.05, 0.1) is 11.4 Å². The van der Waals surface area contributed by atoms with Gasteiger partial charge in [-0.25, -0.2) is 4.98 Å². The molecule has 112 valence electrons. The van der Waals surface area contributed by atoms with Gasteiger partial charge >= 0.3 is 0 Å². The Balaban J connectivity index is 1.92. The monoisotopic (exact) mass is 288 g/mol. The average molecular weight is 288 g/mol. The Kier molecular flexibility index (Phi) is 4.76. The number of aromatic amines is 1. The Labute approximate surface area is 123 Å². The number of amides is 1. The lowest BCUT2D eigenvalue weighted by Crippen LogP contribution is -2.21. The number of nitrogens with two attached hydrogens (primary N) is 1. The van der Waals surface area contributed by atoms with Gasteiger partial charge in [0, 0.05) is 32.6 Å². The maximum Gasteiger partial charge on any atom is 0.253 e. The zero-order valence-electron chi connectivity index (χ0n) is 12.3. The summed E-state index contributed by atoms with van der Waals surface area (Å²) < 4.78 is 0. The van der Waals surface area contributed by atoms with Crippen LogP contribution in [0.3, 0.4) is 0 Å². The number of anilines is 2. The smallest absolute Gasteiger partial charge is 0.253 e. The van der Waals surface area contributed by atoms with E-state index < -0.39 is 0 Å². The van der Waals surface area contributed by atoms with Crippen LogP contribution >= 0.6 is 0 Å². The fraction of sp³-hybridized carbons (Fsp3) is 0.357. The number of benzene rings is 1. The lowest BCUT2D eigenvalue weighted by Gasteiger charge is -2.13. The molecule has 2 aromatic rings. The average Bonchev–Trinajstić information content (AvgIpc) is 2.97. The van der Waals surface area contributed by atoms with E-state index in [-0.39, 0.29) is 5.91 Å². The van der Waals surface area contributed by atoms with Crippen LogP contribution in [0.5, 0.6) is 0 Å². The van der Waals surface area contributed by atoms with Crippen molar-refractivity contribution in [2.24, 2.45) is 0 Å². The Hall–Kier alpha value is -2.57. The Morgan fingerprint density at radius 3 is 2.90 bits per heavy atom. The summed E-state index contributed by atoms with van der Waals surface area (Å²) in [6.45, 7) is 0.741. The molecule has 0 saturated heterocycles. The van der Waals surface area contributed by atoms with Gasteiger partial charge in [0.2, 0.25) is 0 Å². The largest absolute Gasteiger partial charge is 0.397 e. The molecule has 7 nitrogen and oxygen atoms in total. The molecule has 0 fully saturated rings. The number of nitrogens with zero attached hydrogens (tertiary/aromatic N) is 3. The van der Waals surface area contributed by atoms with Crippen molar-refractivity contribution in [1.82, 2.24) is 20.1 Å². The van der Waals surface area contributed by atoms with Gasteiger partial charge in [-0.1, -0.05) is 0 Å². The number of H-pyrrole nitrogens is 1. The SMILES string of the molecule is CN(C)C(=O)c1ccc(N)c(NCCCc2ncn[nH]2)c1. The Bertz CT molecular complexity index is 594. The highest BCUT2D eigenvalue weighted by atomic mass is 16.2. The molecule has 0 atom stereocenters. The van der Waals surface area contributed by atoms with Crippen LogP contribution in [0.15, 0.2) is 24.5 Å². The van der Waals surface area contributed by atoms with Crippen molar-refractivity contribution in [2.45, 2.75) is 12.8 Å².